The summed E-state index contributed by atoms with van der Waals surface area (Å²) in [6.45, 7) is 2.60. The van der Waals surface area contributed by atoms with Crippen LogP contribution in [0.4, 0.5) is 4.39 Å². The predicted molar refractivity (Wildman–Crippen MR) is 106 cm³/mol. The normalized spacial score (nSPS) is 21.1. The van der Waals surface area contributed by atoms with Gasteiger partial charge in [0.25, 0.3) is 0 Å². The summed E-state index contributed by atoms with van der Waals surface area (Å²) < 4.78 is 19.6. The van der Waals surface area contributed by atoms with Crippen LogP contribution in [0.1, 0.15) is 59.2 Å². The molecular formula is C24H26FNO2. The fraction of sp³-hybridized carbons (Fsp3) is 0.458. The fourth-order valence-corrected chi connectivity index (χ4v) is 4.97. The van der Waals surface area contributed by atoms with Gasteiger partial charge in [0.1, 0.15) is 17.2 Å². The molecule has 1 fully saturated rings. The smallest absolute Gasteiger partial charge is 0.170 e. The number of benzene rings is 2. The largest absolute Gasteiger partial charge is 0.486 e. The van der Waals surface area contributed by atoms with Gasteiger partial charge < -0.3 is 4.74 Å². The zero-order valence-corrected chi connectivity index (χ0v) is 16.2. The van der Waals surface area contributed by atoms with Gasteiger partial charge in [-0.3, -0.25) is 9.69 Å². The maximum Gasteiger partial charge on any atom is 0.170 e. The number of hydrogen-bond acceptors (Lipinski definition) is 3. The molecule has 146 valence electrons. The second-order valence-corrected chi connectivity index (χ2v) is 8.61. The van der Waals surface area contributed by atoms with Crippen molar-refractivity contribution in [3.05, 3.63) is 64.5 Å². The Kier molecular flexibility index (Phi) is 4.47. The molecule has 2 aromatic carbocycles. The van der Waals surface area contributed by atoms with E-state index in [0.717, 1.165) is 62.2 Å². The number of carbonyl (C=O) groups excluding carboxylic acids is 1. The minimum Gasteiger partial charge on any atom is -0.486 e. The van der Waals surface area contributed by atoms with E-state index in [-0.39, 0.29) is 17.2 Å². The molecule has 2 aliphatic heterocycles. The Morgan fingerprint density at radius 2 is 1.68 bits per heavy atom. The minimum absolute atomic E-state index is 0.198. The van der Waals surface area contributed by atoms with Crippen LogP contribution in [0.15, 0.2) is 36.4 Å². The first-order valence-electron chi connectivity index (χ1n) is 10.5. The molecule has 1 aliphatic carbocycles. The lowest BCUT2D eigenvalue weighted by Gasteiger charge is -2.44. The Morgan fingerprint density at radius 3 is 2.39 bits per heavy atom. The van der Waals surface area contributed by atoms with Crippen LogP contribution in [-0.4, -0.2) is 29.4 Å². The molecule has 0 unspecified atom stereocenters. The van der Waals surface area contributed by atoms with Gasteiger partial charge in [-0.05, 0) is 66.6 Å². The highest BCUT2D eigenvalue weighted by atomic mass is 19.1. The van der Waals surface area contributed by atoms with E-state index in [1.54, 1.807) is 0 Å². The number of ether oxygens (including phenoxy) is 1. The molecule has 2 heterocycles. The summed E-state index contributed by atoms with van der Waals surface area (Å²) in [7, 11) is 0. The van der Waals surface area contributed by atoms with E-state index in [0.29, 0.717) is 6.42 Å². The molecule has 0 aromatic heterocycles. The number of halogens is 1. The minimum atomic E-state index is -0.355. The third kappa shape index (κ3) is 3.35. The number of likely N-dealkylation sites (tertiary alicyclic amines) is 1. The number of rotatable bonds is 2. The van der Waals surface area contributed by atoms with Gasteiger partial charge in [0.05, 0.1) is 12.0 Å². The molecule has 0 atom stereocenters. The van der Waals surface area contributed by atoms with E-state index in [4.69, 9.17) is 4.74 Å². The van der Waals surface area contributed by atoms with Crippen LogP contribution in [0.5, 0.6) is 5.75 Å². The highest BCUT2D eigenvalue weighted by Crippen LogP contribution is 2.41. The lowest BCUT2D eigenvalue weighted by molar-refractivity contribution is -0.0108. The second-order valence-electron chi connectivity index (χ2n) is 8.61. The van der Waals surface area contributed by atoms with Crippen molar-refractivity contribution in [3.63, 3.8) is 0 Å². The van der Waals surface area contributed by atoms with Crippen molar-refractivity contribution in [2.75, 3.05) is 13.1 Å². The molecule has 0 saturated carbocycles. The number of piperidine rings is 1. The van der Waals surface area contributed by atoms with Crippen molar-refractivity contribution in [2.24, 2.45) is 0 Å². The van der Waals surface area contributed by atoms with Gasteiger partial charge in [-0.25, -0.2) is 4.39 Å². The van der Waals surface area contributed by atoms with Crippen LogP contribution in [-0.2, 0) is 19.4 Å². The van der Waals surface area contributed by atoms with Crippen molar-refractivity contribution < 1.29 is 13.9 Å². The van der Waals surface area contributed by atoms with Gasteiger partial charge in [0.2, 0.25) is 0 Å². The molecule has 0 amide bonds. The van der Waals surface area contributed by atoms with Crippen LogP contribution in [0, 0.1) is 5.82 Å². The maximum atomic E-state index is 13.1. The molecule has 28 heavy (non-hydrogen) atoms. The van der Waals surface area contributed by atoms with Gasteiger partial charge in [-0.15, -0.1) is 0 Å². The number of hydrogen-bond donors (Lipinski definition) is 0. The predicted octanol–water partition coefficient (Wildman–Crippen LogP) is 4.70. The molecule has 1 spiro atoms. The lowest BCUT2D eigenvalue weighted by atomic mass is 9.80. The van der Waals surface area contributed by atoms with Crippen LogP contribution in [0.2, 0.25) is 0 Å². The first-order chi connectivity index (χ1) is 13.6. The first-order valence-corrected chi connectivity index (χ1v) is 10.5. The Labute approximate surface area is 165 Å². The Hall–Kier alpha value is -2.20. The topological polar surface area (TPSA) is 29.5 Å². The van der Waals surface area contributed by atoms with Crippen molar-refractivity contribution in [3.8, 4) is 5.75 Å². The molecule has 4 heteroatoms. The van der Waals surface area contributed by atoms with Crippen molar-refractivity contribution in [1.82, 2.24) is 4.90 Å². The summed E-state index contributed by atoms with van der Waals surface area (Å²) in [4.78, 5) is 15.3. The number of ketones is 1. The molecule has 5 rings (SSSR count). The lowest BCUT2D eigenvalue weighted by Crippen LogP contribution is -2.50. The van der Waals surface area contributed by atoms with Gasteiger partial charge >= 0.3 is 0 Å². The third-order valence-corrected chi connectivity index (χ3v) is 6.64. The van der Waals surface area contributed by atoms with Crippen molar-refractivity contribution in [2.45, 2.75) is 57.1 Å². The van der Waals surface area contributed by atoms with E-state index in [1.807, 2.05) is 12.1 Å². The highest BCUT2D eigenvalue weighted by Gasteiger charge is 2.43. The zero-order chi connectivity index (χ0) is 19.1. The van der Waals surface area contributed by atoms with Crippen LogP contribution in [0.3, 0.4) is 0 Å². The average Bonchev–Trinajstić information content (AvgIpc) is 2.70. The first kappa shape index (κ1) is 17.9. The molecule has 2 aromatic rings. The zero-order valence-electron chi connectivity index (χ0n) is 16.2. The summed E-state index contributed by atoms with van der Waals surface area (Å²) >= 11 is 0. The van der Waals surface area contributed by atoms with E-state index in [2.05, 4.69) is 17.0 Å². The van der Waals surface area contributed by atoms with E-state index in [9.17, 15) is 9.18 Å². The molecule has 0 N–H and O–H groups in total. The quantitative estimate of drug-likeness (QED) is 0.757. The second kappa shape index (κ2) is 7.00. The summed E-state index contributed by atoms with van der Waals surface area (Å²) in [5, 5.41) is 0. The van der Waals surface area contributed by atoms with Crippen LogP contribution in [0.25, 0.3) is 0 Å². The number of carbonyl (C=O) groups is 1. The SMILES string of the molecule is O=C1CC2(CCN(Cc3ccc(F)cc3)CC2)Oc2cc3c(cc21)CCCC3. The Bertz CT molecular complexity index is 898. The molecule has 0 bridgehead atoms. The molecule has 0 radical (unpaired) electrons. The summed E-state index contributed by atoms with van der Waals surface area (Å²) in [5.41, 5.74) is 4.26. The van der Waals surface area contributed by atoms with Gasteiger partial charge in [-0.2, -0.15) is 0 Å². The van der Waals surface area contributed by atoms with E-state index in [1.165, 1.54) is 36.1 Å². The number of Topliss-reactive ketones (excluding diaryl/α,β-unsaturated/α-hetero) is 1. The summed E-state index contributed by atoms with van der Waals surface area (Å²) in [5.74, 6) is 0.849. The molecule has 3 aliphatic rings. The van der Waals surface area contributed by atoms with Crippen molar-refractivity contribution >= 4 is 5.78 Å². The fourth-order valence-electron chi connectivity index (χ4n) is 4.97. The Morgan fingerprint density at radius 1 is 1.00 bits per heavy atom. The van der Waals surface area contributed by atoms with Gasteiger partial charge in [0, 0.05) is 32.5 Å². The monoisotopic (exact) mass is 379 g/mol. The average molecular weight is 379 g/mol. The third-order valence-electron chi connectivity index (χ3n) is 6.64. The number of nitrogens with zero attached hydrogens (tertiary/aromatic N) is 1. The standard InChI is InChI=1S/C24H26FNO2/c25-20-7-5-17(6-8-20)16-26-11-9-24(10-12-26)15-22(27)21-13-18-3-1-2-4-19(18)14-23(21)28-24/h5-8,13-14H,1-4,9-12,15-16H2. The molecular weight excluding hydrogens is 353 g/mol. The maximum absolute atomic E-state index is 13.1. The van der Waals surface area contributed by atoms with Crippen LogP contribution < -0.4 is 4.74 Å². The van der Waals surface area contributed by atoms with E-state index >= 15 is 0 Å². The highest BCUT2D eigenvalue weighted by molar-refractivity contribution is 6.00. The van der Waals surface area contributed by atoms with Gasteiger partial charge in [-0.1, -0.05) is 12.1 Å². The van der Waals surface area contributed by atoms with E-state index < -0.39 is 0 Å². The Balaban J connectivity index is 1.30. The number of fused-ring (bicyclic) bond motifs is 2. The summed E-state index contributed by atoms with van der Waals surface area (Å²) in [6.07, 6.45) is 6.83. The summed E-state index contributed by atoms with van der Waals surface area (Å²) in [6, 6.07) is 11.0. The van der Waals surface area contributed by atoms with Crippen molar-refractivity contribution in [1.29, 1.82) is 0 Å². The van der Waals surface area contributed by atoms with Crippen LogP contribution >= 0.6 is 0 Å². The van der Waals surface area contributed by atoms with Gasteiger partial charge in [0.15, 0.2) is 5.78 Å². The number of aryl methyl sites for hydroxylation is 2. The molecule has 3 nitrogen and oxygen atoms in total. The molecule has 1 saturated heterocycles.